The summed E-state index contributed by atoms with van der Waals surface area (Å²) in [6, 6.07) is 0.307. The van der Waals surface area contributed by atoms with Gasteiger partial charge in [0.1, 0.15) is 0 Å². The van der Waals surface area contributed by atoms with Crippen LogP contribution in [0.2, 0.25) is 0 Å². The van der Waals surface area contributed by atoms with Crippen molar-refractivity contribution in [1.82, 2.24) is 10.2 Å². The minimum Gasteiger partial charge on any atom is -0.342 e. The predicted octanol–water partition coefficient (Wildman–Crippen LogP) is 1.58. The monoisotopic (exact) mass is 232 g/mol. The van der Waals surface area contributed by atoms with Gasteiger partial charge in [-0.1, -0.05) is 0 Å². The molecule has 90 valence electrons. The largest absolute Gasteiger partial charge is 0.342 e. The molecule has 0 radical (unpaired) electrons. The molecule has 0 rings (SSSR count). The highest BCUT2D eigenvalue weighted by atomic mass is 32.2. The van der Waals surface area contributed by atoms with E-state index in [4.69, 9.17) is 0 Å². The van der Waals surface area contributed by atoms with Gasteiger partial charge in [-0.25, -0.2) is 0 Å². The summed E-state index contributed by atoms with van der Waals surface area (Å²) in [6.45, 7) is 9.66. The molecule has 0 saturated carbocycles. The average molecular weight is 232 g/mol. The Morgan fingerprint density at radius 1 is 1.33 bits per heavy atom. The Hall–Kier alpha value is -0.220. The molecule has 0 bridgehead atoms. The Labute approximate surface area is 98.0 Å². The van der Waals surface area contributed by atoms with Crippen LogP contribution in [-0.2, 0) is 4.79 Å². The van der Waals surface area contributed by atoms with Gasteiger partial charge in [0.15, 0.2) is 0 Å². The van der Waals surface area contributed by atoms with Crippen LogP contribution < -0.4 is 5.32 Å². The molecule has 0 fully saturated rings. The zero-order valence-corrected chi connectivity index (χ0v) is 11.4. The van der Waals surface area contributed by atoms with Gasteiger partial charge in [-0.3, -0.25) is 4.79 Å². The molecule has 0 aliphatic heterocycles. The number of hydrogen-bond donors (Lipinski definition) is 1. The summed E-state index contributed by atoms with van der Waals surface area (Å²) < 4.78 is 0. The van der Waals surface area contributed by atoms with E-state index in [1.54, 1.807) is 11.8 Å². The van der Waals surface area contributed by atoms with Gasteiger partial charge in [0.2, 0.25) is 5.91 Å². The quantitative estimate of drug-likeness (QED) is 0.723. The average Bonchev–Trinajstić information content (AvgIpc) is 2.19. The van der Waals surface area contributed by atoms with E-state index in [2.05, 4.69) is 18.5 Å². The van der Waals surface area contributed by atoms with Crippen LogP contribution in [0.1, 0.15) is 27.7 Å². The molecule has 2 atom stereocenters. The van der Waals surface area contributed by atoms with Crippen LogP contribution in [0.4, 0.5) is 0 Å². The van der Waals surface area contributed by atoms with Crippen molar-refractivity contribution in [2.45, 2.75) is 39.8 Å². The van der Waals surface area contributed by atoms with Crippen molar-refractivity contribution in [1.29, 1.82) is 0 Å². The Kier molecular flexibility index (Phi) is 7.88. The minimum atomic E-state index is -0.0768. The standard InChI is InChI=1S/C11H24N2OS/c1-6-13(7-2)11(14)10(4)12-9(3)8-15-5/h9-10,12H,6-8H2,1-5H3. The van der Waals surface area contributed by atoms with E-state index in [9.17, 15) is 4.79 Å². The van der Waals surface area contributed by atoms with E-state index in [0.717, 1.165) is 18.8 Å². The molecular formula is C11H24N2OS. The van der Waals surface area contributed by atoms with Crippen LogP contribution in [0.5, 0.6) is 0 Å². The third kappa shape index (κ3) is 5.42. The van der Waals surface area contributed by atoms with Gasteiger partial charge in [-0.15, -0.1) is 0 Å². The van der Waals surface area contributed by atoms with Gasteiger partial charge in [0, 0.05) is 24.9 Å². The van der Waals surface area contributed by atoms with E-state index in [1.165, 1.54) is 0 Å². The fraction of sp³-hybridized carbons (Fsp3) is 0.909. The third-order valence-electron chi connectivity index (χ3n) is 2.40. The zero-order valence-electron chi connectivity index (χ0n) is 10.5. The van der Waals surface area contributed by atoms with Crippen molar-refractivity contribution in [3.05, 3.63) is 0 Å². The lowest BCUT2D eigenvalue weighted by atomic mass is 10.2. The van der Waals surface area contributed by atoms with Gasteiger partial charge in [0.25, 0.3) is 0 Å². The van der Waals surface area contributed by atoms with Crippen molar-refractivity contribution in [3.8, 4) is 0 Å². The number of nitrogens with one attached hydrogen (secondary N) is 1. The number of rotatable bonds is 7. The fourth-order valence-corrected chi connectivity index (χ4v) is 2.20. The van der Waals surface area contributed by atoms with Crippen LogP contribution in [0.15, 0.2) is 0 Å². The molecule has 0 aromatic carbocycles. The maximum Gasteiger partial charge on any atom is 0.239 e. The normalized spacial score (nSPS) is 14.7. The van der Waals surface area contributed by atoms with Crippen LogP contribution in [0.3, 0.4) is 0 Å². The van der Waals surface area contributed by atoms with Crippen molar-refractivity contribution in [2.75, 3.05) is 25.1 Å². The Morgan fingerprint density at radius 2 is 1.87 bits per heavy atom. The van der Waals surface area contributed by atoms with E-state index >= 15 is 0 Å². The molecule has 0 heterocycles. The lowest BCUT2D eigenvalue weighted by Gasteiger charge is -2.25. The second-order valence-corrected chi connectivity index (χ2v) is 4.67. The van der Waals surface area contributed by atoms with Gasteiger partial charge in [0.05, 0.1) is 6.04 Å². The van der Waals surface area contributed by atoms with E-state index in [0.29, 0.717) is 6.04 Å². The molecule has 1 N–H and O–H groups in total. The lowest BCUT2D eigenvalue weighted by molar-refractivity contribution is -0.132. The second kappa shape index (κ2) is 7.99. The first-order valence-electron chi connectivity index (χ1n) is 5.60. The van der Waals surface area contributed by atoms with Gasteiger partial charge < -0.3 is 10.2 Å². The second-order valence-electron chi connectivity index (χ2n) is 3.76. The van der Waals surface area contributed by atoms with Crippen LogP contribution >= 0.6 is 11.8 Å². The number of hydrogen-bond acceptors (Lipinski definition) is 3. The van der Waals surface area contributed by atoms with Crippen molar-refractivity contribution in [2.24, 2.45) is 0 Å². The lowest BCUT2D eigenvalue weighted by Crippen LogP contribution is -2.48. The summed E-state index contributed by atoms with van der Waals surface area (Å²) in [5.74, 6) is 1.24. The fourth-order valence-electron chi connectivity index (χ4n) is 1.61. The van der Waals surface area contributed by atoms with Crippen molar-refractivity contribution in [3.63, 3.8) is 0 Å². The van der Waals surface area contributed by atoms with Crippen LogP contribution in [0, 0.1) is 0 Å². The van der Waals surface area contributed by atoms with Crippen LogP contribution in [0.25, 0.3) is 0 Å². The van der Waals surface area contributed by atoms with Crippen molar-refractivity contribution < 1.29 is 4.79 Å². The number of amides is 1. The molecule has 0 aromatic heterocycles. The summed E-state index contributed by atoms with van der Waals surface area (Å²) in [5, 5.41) is 3.32. The number of nitrogens with zero attached hydrogens (tertiary/aromatic N) is 1. The summed E-state index contributed by atoms with van der Waals surface area (Å²) in [5.41, 5.74) is 0. The van der Waals surface area contributed by atoms with E-state index < -0.39 is 0 Å². The molecule has 3 nitrogen and oxygen atoms in total. The molecule has 0 saturated heterocycles. The number of likely N-dealkylation sites (N-methyl/N-ethyl adjacent to an activating group) is 1. The van der Waals surface area contributed by atoms with E-state index in [1.807, 2.05) is 25.7 Å². The van der Waals surface area contributed by atoms with E-state index in [-0.39, 0.29) is 11.9 Å². The third-order valence-corrected chi connectivity index (χ3v) is 3.23. The minimum absolute atomic E-state index is 0.0768. The molecule has 0 aliphatic carbocycles. The smallest absolute Gasteiger partial charge is 0.239 e. The van der Waals surface area contributed by atoms with Crippen molar-refractivity contribution >= 4 is 17.7 Å². The summed E-state index contributed by atoms with van der Waals surface area (Å²) in [4.78, 5) is 13.8. The molecule has 0 aromatic rings. The highest BCUT2D eigenvalue weighted by Gasteiger charge is 2.18. The molecule has 4 heteroatoms. The van der Waals surface area contributed by atoms with Crippen LogP contribution in [-0.4, -0.2) is 48.0 Å². The first-order chi connectivity index (χ1) is 7.06. The predicted molar refractivity (Wildman–Crippen MR) is 68.4 cm³/mol. The van der Waals surface area contributed by atoms with Gasteiger partial charge in [-0.2, -0.15) is 11.8 Å². The summed E-state index contributed by atoms with van der Waals surface area (Å²) in [7, 11) is 0. The zero-order chi connectivity index (χ0) is 11.8. The first-order valence-corrected chi connectivity index (χ1v) is 6.99. The first kappa shape index (κ1) is 14.8. The van der Waals surface area contributed by atoms with Gasteiger partial charge in [-0.05, 0) is 34.0 Å². The molecule has 2 unspecified atom stereocenters. The molecule has 0 spiro atoms. The number of carbonyl (C=O) groups is 1. The SMILES string of the molecule is CCN(CC)C(=O)C(C)NC(C)CSC. The van der Waals surface area contributed by atoms with Gasteiger partial charge >= 0.3 is 0 Å². The maximum atomic E-state index is 11.9. The molecular weight excluding hydrogens is 208 g/mol. The Morgan fingerprint density at radius 3 is 2.27 bits per heavy atom. The molecule has 15 heavy (non-hydrogen) atoms. The summed E-state index contributed by atoms with van der Waals surface area (Å²) >= 11 is 1.80. The number of carbonyl (C=O) groups excluding carboxylic acids is 1. The Bertz CT molecular complexity index is 183. The summed E-state index contributed by atoms with van der Waals surface area (Å²) in [6.07, 6.45) is 2.08. The molecule has 0 aliphatic rings. The topological polar surface area (TPSA) is 32.3 Å². The molecule has 1 amide bonds. The maximum absolute atomic E-state index is 11.9. The highest BCUT2D eigenvalue weighted by Crippen LogP contribution is 2.00. The number of thioether (sulfide) groups is 1. The highest BCUT2D eigenvalue weighted by molar-refractivity contribution is 7.98. The Balaban J connectivity index is 4.07.